The highest BCUT2D eigenvalue weighted by atomic mass is 16.5. The number of piperazine rings is 1. The molecule has 0 N–H and O–H groups in total. The summed E-state index contributed by atoms with van der Waals surface area (Å²) in [5, 5.41) is 0.794. The van der Waals surface area contributed by atoms with Crippen LogP contribution < -0.4 is 15.2 Å². The van der Waals surface area contributed by atoms with Crippen LogP contribution in [0.5, 0.6) is 5.75 Å². The van der Waals surface area contributed by atoms with Crippen LogP contribution in [0.4, 0.5) is 5.69 Å². The van der Waals surface area contributed by atoms with Crippen molar-refractivity contribution in [2.24, 2.45) is 0 Å². The Labute approximate surface area is 178 Å². The first-order valence-corrected chi connectivity index (χ1v) is 10.2. The average molecular weight is 418 g/mol. The molecule has 158 valence electrons. The lowest BCUT2D eigenvalue weighted by molar-refractivity contribution is -0.132. The Balaban J connectivity index is 1.28. The van der Waals surface area contributed by atoms with Gasteiger partial charge in [-0.2, -0.15) is 0 Å². The smallest absolute Gasteiger partial charge is 0.297 e. The number of anilines is 1. The summed E-state index contributed by atoms with van der Waals surface area (Å²) in [5.41, 5.74) is 2.08. The van der Waals surface area contributed by atoms with Gasteiger partial charge < -0.3 is 19.0 Å². The van der Waals surface area contributed by atoms with Gasteiger partial charge in [-0.15, -0.1) is 0 Å². The van der Waals surface area contributed by atoms with Gasteiger partial charge >= 0.3 is 0 Å². The molecule has 0 aliphatic carbocycles. The van der Waals surface area contributed by atoms with Crippen LogP contribution in [-0.4, -0.2) is 53.6 Å². The van der Waals surface area contributed by atoms with E-state index in [1.165, 1.54) is 10.9 Å². The van der Waals surface area contributed by atoms with Crippen molar-refractivity contribution in [3.63, 3.8) is 0 Å². The van der Waals surface area contributed by atoms with Gasteiger partial charge in [-0.1, -0.05) is 12.1 Å². The van der Waals surface area contributed by atoms with E-state index in [1.54, 1.807) is 18.1 Å². The number of para-hydroxylation sites is 1. The zero-order valence-corrected chi connectivity index (χ0v) is 17.2. The maximum Gasteiger partial charge on any atom is 0.297 e. The van der Waals surface area contributed by atoms with E-state index in [2.05, 4.69) is 9.88 Å². The predicted molar refractivity (Wildman–Crippen MR) is 118 cm³/mol. The van der Waals surface area contributed by atoms with Gasteiger partial charge in [0.2, 0.25) is 11.5 Å². The Morgan fingerprint density at radius 3 is 2.55 bits per heavy atom. The number of rotatable bonds is 4. The topological polar surface area (TPSA) is 80.8 Å². The van der Waals surface area contributed by atoms with Crippen LogP contribution in [0.25, 0.3) is 22.1 Å². The van der Waals surface area contributed by atoms with Gasteiger partial charge in [-0.25, -0.2) is 4.98 Å². The Kier molecular flexibility index (Phi) is 4.82. The number of methoxy groups -OCH3 is 1. The van der Waals surface area contributed by atoms with Crippen LogP contribution in [0.15, 0.2) is 64.1 Å². The van der Waals surface area contributed by atoms with Crippen LogP contribution in [-0.2, 0) is 11.3 Å². The molecule has 31 heavy (non-hydrogen) atoms. The van der Waals surface area contributed by atoms with E-state index in [0.29, 0.717) is 24.2 Å². The number of hydrogen-bond acceptors (Lipinski definition) is 6. The fourth-order valence-electron chi connectivity index (χ4n) is 3.98. The van der Waals surface area contributed by atoms with Gasteiger partial charge in [-0.3, -0.25) is 14.2 Å². The molecule has 1 saturated heterocycles. The van der Waals surface area contributed by atoms with Gasteiger partial charge in [0.1, 0.15) is 23.4 Å². The molecule has 0 spiro atoms. The normalized spacial score (nSPS) is 14.4. The molecular weight excluding hydrogens is 396 g/mol. The molecule has 0 unspecified atom stereocenters. The van der Waals surface area contributed by atoms with Crippen molar-refractivity contribution in [2.75, 3.05) is 38.2 Å². The molecule has 1 amide bonds. The number of ether oxygens (including phenoxy) is 1. The van der Waals surface area contributed by atoms with Crippen molar-refractivity contribution in [3.05, 3.63) is 65.2 Å². The number of nitrogens with zero attached hydrogens (tertiary/aromatic N) is 4. The molecule has 0 saturated carbocycles. The number of fused-ring (bicyclic) bond motifs is 3. The summed E-state index contributed by atoms with van der Waals surface area (Å²) in [7, 11) is 1.65. The molecule has 1 aliphatic heterocycles. The van der Waals surface area contributed by atoms with E-state index in [-0.39, 0.29) is 23.6 Å². The molecule has 4 aromatic rings. The maximum absolute atomic E-state index is 12.8. The fraction of sp³-hybridized carbons (Fsp3) is 0.261. The molecular formula is C23H22N4O4. The summed E-state index contributed by atoms with van der Waals surface area (Å²) < 4.78 is 12.2. The Bertz CT molecular complexity index is 1300. The van der Waals surface area contributed by atoms with Crippen molar-refractivity contribution >= 4 is 33.7 Å². The van der Waals surface area contributed by atoms with Gasteiger partial charge in [0, 0.05) is 37.3 Å². The minimum atomic E-state index is -0.341. The summed E-state index contributed by atoms with van der Waals surface area (Å²) in [5.74, 6) is 0.715. The summed E-state index contributed by atoms with van der Waals surface area (Å²) in [6, 6.07) is 15.3. The molecule has 8 heteroatoms. The van der Waals surface area contributed by atoms with E-state index < -0.39 is 0 Å². The third-order valence-electron chi connectivity index (χ3n) is 5.73. The number of furan rings is 1. The number of hydrogen-bond donors (Lipinski definition) is 0. The second kappa shape index (κ2) is 7.79. The van der Waals surface area contributed by atoms with Crippen molar-refractivity contribution in [3.8, 4) is 5.75 Å². The van der Waals surface area contributed by atoms with Crippen molar-refractivity contribution in [1.29, 1.82) is 0 Å². The summed E-state index contributed by atoms with van der Waals surface area (Å²) in [6.45, 7) is 2.60. The molecule has 0 radical (unpaired) electrons. The Morgan fingerprint density at radius 2 is 1.81 bits per heavy atom. The van der Waals surface area contributed by atoms with Gasteiger partial charge in [0.05, 0.1) is 13.4 Å². The van der Waals surface area contributed by atoms with E-state index in [4.69, 9.17) is 9.15 Å². The monoisotopic (exact) mass is 418 g/mol. The number of benzene rings is 2. The zero-order valence-electron chi connectivity index (χ0n) is 17.2. The standard InChI is InChI=1S/C23H22N4O4/c1-30-17-8-6-16(7-9-17)25-10-12-26(13-11-25)20(28)14-27-15-24-21-18-4-2-3-5-19(18)31-22(21)23(27)29/h2-9,15H,10-14H2,1H3. The SMILES string of the molecule is COc1ccc(N2CCN(C(=O)Cn3cnc4c(oc5ccccc54)c3=O)CC2)cc1. The number of amides is 1. The quantitative estimate of drug-likeness (QED) is 0.507. The Hall–Kier alpha value is -3.81. The van der Waals surface area contributed by atoms with Crippen LogP contribution in [0.3, 0.4) is 0 Å². The molecule has 1 aliphatic rings. The first-order valence-electron chi connectivity index (χ1n) is 10.2. The van der Waals surface area contributed by atoms with Crippen LogP contribution >= 0.6 is 0 Å². The summed E-state index contributed by atoms with van der Waals surface area (Å²) >= 11 is 0. The number of aromatic nitrogens is 2. The largest absolute Gasteiger partial charge is 0.497 e. The summed E-state index contributed by atoms with van der Waals surface area (Å²) in [4.78, 5) is 34.1. The number of carbonyl (C=O) groups excluding carboxylic acids is 1. The highest BCUT2D eigenvalue weighted by Gasteiger charge is 2.22. The van der Waals surface area contributed by atoms with Gasteiger partial charge in [-0.05, 0) is 36.4 Å². The third-order valence-corrected chi connectivity index (χ3v) is 5.73. The molecule has 0 atom stereocenters. The highest BCUT2D eigenvalue weighted by Crippen LogP contribution is 2.24. The third kappa shape index (κ3) is 3.50. The van der Waals surface area contributed by atoms with Crippen LogP contribution in [0, 0.1) is 0 Å². The average Bonchev–Trinajstić information content (AvgIpc) is 3.20. The van der Waals surface area contributed by atoms with E-state index in [1.807, 2.05) is 42.5 Å². The van der Waals surface area contributed by atoms with Crippen molar-refractivity contribution in [1.82, 2.24) is 14.5 Å². The van der Waals surface area contributed by atoms with Crippen LogP contribution in [0.1, 0.15) is 0 Å². The first kappa shape index (κ1) is 19.2. The minimum Gasteiger partial charge on any atom is -0.497 e. The van der Waals surface area contributed by atoms with Crippen molar-refractivity contribution in [2.45, 2.75) is 6.54 Å². The molecule has 0 bridgehead atoms. The molecule has 2 aromatic heterocycles. The van der Waals surface area contributed by atoms with E-state index >= 15 is 0 Å². The summed E-state index contributed by atoms with van der Waals surface area (Å²) in [6.07, 6.45) is 1.43. The maximum atomic E-state index is 12.8. The second-order valence-corrected chi connectivity index (χ2v) is 7.52. The molecule has 1 fully saturated rings. The lowest BCUT2D eigenvalue weighted by atomic mass is 10.2. The van der Waals surface area contributed by atoms with E-state index in [9.17, 15) is 9.59 Å². The molecule has 8 nitrogen and oxygen atoms in total. The Morgan fingerprint density at radius 1 is 1.06 bits per heavy atom. The van der Waals surface area contributed by atoms with Crippen LogP contribution in [0.2, 0.25) is 0 Å². The second-order valence-electron chi connectivity index (χ2n) is 7.52. The predicted octanol–water partition coefficient (Wildman–Crippen LogP) is 2.50. The van der Waals surface area contributed by atoms with Gasteiger partial charge in [0.15, 0.2) is 0 Å². The zero-order chi connectivity index (χ0) is 21.4. The molecule has 5 rings (SSSR count). The molecule has 3 heterocycles. The number of carbonyl (C=O) groups is 1. The van der Waals surface area contributed by atoms with E-state index in [0.717, 1.165) is 29.9 Å². The minimum absolute atomic E-state index is 0.0542. The first-order chi connectivity index (χ1) is 15.1. The van der Waals surface area contributed by atoms with Gasteiger partial charge in [0.25, 0.3) is 5.56 Å². The van der Waals surface area contributed by atoms with Crippen molar-refractivity contribution < 1.29 is 13.9 Å². The fourth-order valence-corrected chi connectivity index (χ4v) is 3.98. The highest BCUT2D eigenvalue weighted by molar-refractivity contribution is 6.01. The lowest BCUT2D eigenvalue weighted by Crippen LogP contribution is -2.50. The lowest BCUT2D eigenvalue weighted by Gasteiger charge is -2.36. The molecule has 2 aromatic carbocycles.